The van der Waals surface area contributed by atoms with Gasteiger partial charge in [0.25, 0.3) is 5.56 Å². The Balaban J connectivity index is 2.41. The zero-order chi connectivity index (χ0) is 15.0. The first-order valence-corrected chi connectivity index (χ1v) is 7.05. The van der Waals surface area contributed by atoms with Crippen LogP contribution in [0.25, 0.3) is 16.5 Å². The van der Waals surface area contributed by atoms with Crippen LogP contribution < -0.4 is 10.3 Å². The third-order valence-electron chi connectivity index (χ3n) is 3.28. The standard InChI is InChI=1S/C16H11BrFNO2/c1-21-15-9-19(10-5-3-2-4-6-10)16(20)12-7-13(17)14(18)8-11(12)15/h2-9H,1H3. The smallest absolute Gasteiger partial charge is 0.263 e. The Labute approximate surface area is 128 Å². The second-order valence-corrected chi connectivity index (χ2v) is 5.37. The molecule has 0 saturated carbocycles. The van der Waals surface area contributed by atoms with Crippen LogP contribution in [0.3, 0.4) is 0 Å². The zero-order valence-corrected chi connectivity index (χ0v) is 12.7. The Hall–Kier alpha value is -2.14. The minimum Gasteiger partial charge on any atom is -0.495 e. The van der Waals surface area contributed by atoms with Crippen molar-refractivity contribution in [3.05, 3.63) is 69.3 Å². The summed E-state index contributed by atoms with van der Waals surface area (Å²) in [7, 11) is 1.49. The number of pyridine rings is 1. The minimum absolute atomic E-state index is 0.224. The van der Waals surface area contributed by atoms with Crippen LogP contribution in [0.4, 0.5) is 4.39 Å². The second-order valence-electron chi connectivity index (χ2n) is 4.52. The number of aromatic nitrogens is 1. The Morgan fingerprint density at radius 2 is 1.86 bits per heavy atom. The van der Waals surface area contributed by atoms with Crippen molar-refractivity contribution in [1.29, 1.82) is 0 Å². The number of hydrogen-bond acceptors (Lipinski definition) is 2. The van der Waals surface area contributed by atoms with Gasteiger partial charge in [0.15, 0.2) is 0 Å². The molecule has 0 N–H and O–H groups in total. The maximum atomic E-state index is 13.7. The summed E-state index contributed by atoms with van der Waals surface area (Å²) in [6, 6.07) is 12.0. The number of fused-ring (bicyclic) bond motifs is 1. The average Bonchev–Trinajstić information content (AvgIpc) is 2.51. The molecule has 0 radical (unpaired) electrons. The molecule has 106 valence electrons. The van der Waals surface area contributed by atoms with E-state index in [0.29, 0.717) is 16.5 Å². The van der Waals surface area contributed by atoms with E-state index in [2.05, 4.69) is 15.9 Å². The highest BCUT2D eigenvalue weighted by Crippen LogP contribution is 2.28. The fraction of sp³-hybridized carbons (Fsp3) is 0.0625. The number of benzene rings is 2. The SMILES string of the molecule is COc1cn(-c2ccccc2)c(=O)c2cc(Br)c(F)cc12. The molecule has 0 saturated heterocycles. The number of rotatable bonds is 2. The van der Waals surface area contributed by atoms with Crippen LogP contribution >= 0.6 is 15.9 Å². The summed E-state index contributed by atoms with van der Waals surface area (Å²) in [6.07, 6.45) is 1.58. The van der Waals surface area contributed by atoms with Crippen LogP contribution in [0.15, 0.2) is 57.9 Å². The van der Waals surface area contributed by atoms with Crippen LogP contribution in [-0.4, -0.2) is 11.7 Å². The van der Waals surface area contributed by atoms with Gasteiger partial charge in [-0.2, -0.15) is 0 Å². The average molecular weight is 348 g/mol. The first-order valence-electron chi connectivity index (χ1n) is 6.25. The molecule has 5 heteroatoms. The van der Waals surface area contributed by atoms with Crippen LogP contribution in [0, 0.1) is 5.82 Å². The third kappa shape index (κ3) is 2.34. The number of hydrogen-bond donors (Lipinski definition) is 0. The van der Waals surface area contributed by atoms with Crippen LogP contribution in [0.2, 0.25) is 0 Å². The lowest BCUT2D eigenvalue weighted by atomic mass is 10.1. The lowest BCUT2D eigenvalue weighted by Crippen LogP contribution is -2.18. The first-order chi connectivity index (χ1) is 10.1. The van der Waals surface area contributed by atoms with Crippen molar-refractivity contribution in [3.63, 3.8) is 0 Å². The fourth-order valence-corrected chi connectivity index (χ4v) is 2.59. The fourth-order valence-electron chi connectivity index (χ4n) is 2.25. The highest BCUT2D eigenvalue weighted by Gasteiger charge is 2.13. The highest BCUT2D eigenvalue weighted by atomic mass is 79.9. The van der Waals surface area contributed by atoms with E-state index in [1.54, 1.807) is 6.20 Å². The summed E-state index contributed by atoms with van der Waals surface area (Å²) in [5, 5.41) is 0.849. The molecule has 0 fully saturated rings. The van der Waals surface area contributed by atoms with E-state index >= 15 is 0 Å². The van der Waals surface area contributed by atoms with E-state index in [-0.39, 0.29) is 10.0 Å². The topological polar surface area (TPSA) is 31.2 Å². The molecule has 3 aromatic rings. The van der Waals surface area contributed by atoms with Crippen molar-refractivity contribution in [2.45, 2.75) is 0 Å². The number of halogens is 2. The monoisotopic (exact) mass is 347 g/mol. The maximum Gasteiger partial charge on any atom is 0.263 e. The lowest BCUT2D eigenvalue weighted by Gasteiger charge is -2.12. The summed E-state index contributed by atoms with van der Waals surface area (Å²) >= 11 is 3.11. The van der Waals surface area contributed by atoms with Crippen molar-refractivity contribution in [2.75, 3.05) is 7.11 Å². The van der Waals surface area contributed by atoms with Crippen molar-refractivity contribution >= 4 is 26.7 Å². The number of nitrogens with zero attached hydrogens (tertiary/aromatic N) is 1. The van der Waals surface area contributed by atoms with Gasteiger partial charge in [-0.05, 0) is 40.2 Å². The van der Waals surface area contributed by atoms with Gasteiger partial charge >= 0.3 is 0 Å². The Morgan fingerprint density at radius 3 is 2.52 bits per heavy atom. The van der Waals surface area contributed by atoms with Gasteiger partial charge in [0.2, 0.25) is 0 Å². The zero-order valence-electron chi connectivity index (χ0n) is 11.1. The molecule has 0 atom stereocenters. The van der Waals surface area contributed by atoms with Crippen LogP contribution in [0.1, 0.15) is 0 Å². The van der Waals surface area contributed by atoms with Gasteiger partial charge in [-0.3, -0.25) is 9.36 Å². The first kappa shape index (κ1) is 13.8. The quantitative estimate of drug-likeness (QED) is 0.703. The Kier molecular flexibility index (Phi) is 3.51. The summed E-state index contributed by atoms with van der Waals surface area (Å²) in [6.45, 7) is 0. The molecule has 0 aliphatic heterocycles. The second kappa shape index (κ2) is 5.33. The maximum absolute atomic E-state index is 13.7. The Bertz CT molecular complexity index is 875. The van der Waals surface area contributed by atoms with Gasteiger partial charge in [0, 0.05) is 11.1 Å². The molecule has 0 aliphatic rings. The van der Waals surface area contributed by atoms with Gasteiger partial charge in [-0.25, -0.2) is 4.39 Å². The van der Waals surface area contributed by atoms with Crippen molar-refractivity contribution < 1.29 is 9.13 Å². The van der Waals surface area contributed by atoms with Crippen molar-refractivity contribution in [1.82, 2.24) is 4.57 Å². The van der Waals surface area contributed by atoms with E-state index in [9.17, 15) is 9.18 Å². The van der Waals surface area contributed by atoms with Gasteiger partial charge in [0.1, 0.15) is 11.6 Å². The van der Waals surface area contributed by atoms with E-state index < -0.39 is 5.82 Å². The molecule has 1 heterocycles. The molecule has 3 rings (SSSR count). The molecule has 0 unspecified atom stereocenters. The van der Waals surface area contributed by atoms with Crippen molar-refractivity contribution in [2.24, 2.45) is 0 Å². The molecule has 0 amide bonds. The summed E-state index contributed by atoms with van der Waals surface area (Å²) < 4.78 is 20.7. The molecular formula is C16H11BrFNO2. The molecule has 2 aromatic carbocycles. The van der Waals surface area contributed by atoms with Crippen LogP contribution in [0.5, 0.6) is 5.75 Å². The van der Waals surface area contributed by atoms with E-state index in [4.69, 9.17) is 4.74 Å². The van der Waals surface area contributed by atoms with E-state index in [0.717, 1.165) is 5.69 Å². The molecule has 21 heavy (non-hydrogen) atoms. The molecule has 0 bridgehead atoms. The summed E-state index contributed by atoms with van der Waals surface area (Å²) in [4.78, 5) is 12.6. The number of ether oxygens (including phenoxy) is 1. The number of para-hydroxylation sites is 1. The molecule has 0 spiro atoms. The van der Waals surface area contributed by atoms with Crippen molar-refractivity contribution in [3.8, 4) is 11.4 Å². The number of methoxy groups -OCH3 is 1. The minimum atomic E-state index is -0.433. The Morgan fingerprint density at radius 1 is 1.14 bits per heavy atom. The molecule has 3 nitrogen and oxygen atoms in total. The van der Waals surface area contributed by atoms with Gasteiger partial charge < -0.3 is 4.74 Å². The lowest BCUT2D eigenvalue weighted by molar-refractivity contribution is 0.416. The van der Waals surface area contributed by atoms with Gasteiger partial charge in [-0.1, -0.05) is 18.2 Å². The van der Waals surface area contributed by atoms with Crippen LogP contribution in [-0.2, 0) is 0 Å². The molecular weight excluding hydrogens is 337 g/mol. The van der Waals surface area contributed by atoms with E-state index in [1.807, 2.05) is 30.3 Å². The highest BCUT2D eigenvalue weighted by molar-refractivity contribution is 9.10. The van der Waals surface area contributed by atoms with Gasteiger partial charge in [0.05, 0.1) is 23.2 Å². The summed E-state index contributed by atoms with van der Waals surface area (Å²) in [5.41, 5.74) is 0.501. The normalized spacial score (nSPS) is 10.8. The summed E-state index contributed by atoms with van der Waals surface area (Å²) in [5.74, 6) is 0.0116. The third-order valence-corrected chi connectivity index (χ3v) is 3.88. The molecule has 0 aliphatic carbocycles. The predicted octanol–water partition coefficient (Wildman–Crippen LogP) is 3.90. The predicted molar refractivity (Wildman–Crippen MR) is 83.8 cm³/mol. The molecule has 1 aromatic heterocycles. The van der Waals surface area contributed by atoms with Gasteiger partial charge in [-0.15, -0.1) is 0 Å². The van der Waals surface area contributed by atoms with E-state index in [1.165, 1.54) is 23.8 Å². The largest absolute Gasteiger partial charge is 0.495 e.